The maximum Gasteiger partial charge on any atom is 0.322 e. The second-order valence-corrected chi connectivity index (χ2v) is 3.15. The van der Waals surface area contributed by atoms with Crippen LogP contribution in [0, 0.1) is 0 Å². The van der Waals surface area contributed by atoms with Crippen LogP contribution in [0.4, 0.5) is 11.9 Å². The van der Waals surface area contributed by atoms with Crippen LogP contribution in [0.2, 0.25) is 0 Å². The minimum Gasteiger partial charge on any atom is -0.467 e. The van der Waals surface area contributed by atoms with Gasteiger partial charge < -0.3 is 20.5 Å². The van der Waals surface area contributed by atoms with Crippen molar-refractivity contribution in [1.29, 1.82) is 0 Å². The van der Waals surface area contributed by atoms with Crippen LogP contribution in [0.3, 0.4) is 0 Å². The van der Waals surface area contributed by atoms with Crippen LogP contribution in [0.5, 0.6) is 6.01 Å². The molecule has 90 valence electrons. The van der Waals surface area contributed by atoms with Crippen molar-refractivity contribution in [3.8, 4) is 6.01 Å². The molecule has 7 heteroatoms. The number of nitrogens with one attached hydrogen (secondary N) is 2. The maximum atomic E-state index is 9.06. The summed E-state index contributed by atoms with van der Waals surface area (Å²) in [5.74, 6) is 0.805. The predicted octanol–water partition coefficient (Wildman–Crippen LogP) is 0.105. The number of methoxy groups -OCH3 is 1. The van der Waals surface area contributed by atoms with Crippen molar-refractivity contribution in [3.05, 3.63) is 0 Å². The Kier molecular flexibility index (Phi) is 4.71. The van der Waals surface area contributed by atoms with Crippen molar-refractivity contribution in [3.63, 3.8) is 0 Å². The number of hydrogen-bond acceptors (Lipinski definition) is 7. The number of hydrogen-bond donors (Lipinski definition) is 3. The Morgan fingerprint density at radius 3 is 2.50 bits per heavy atom. The molecule has 0 fully saturated rings. The zero-order valence-corrected chi connectivity index (χ0v) is 9.69. The molecule has 0 amide bonds. The Morgan fingerprint density at radius 2 is 2.00 bits per heavy atom. The van der Waals surface area contributed by atoms with Crippen LogP contribution in [0.1, 0.15) is 13.3 Å². The van der Waals surface area contributed by atoms with E-state index in [0.29, 0.717) is 11.9 Å². The second-order valence-electron chi connectivity index (χ2n) is 3.15. The van der Waals surface area contributed by atoms with Crippen molar-refractivity contribution in [2.24, 2.45) is 0 Å². The number of aliphatic hydroxyl groups excluding tert-OH is 1. The van der Waals surface area contributed by atoms with E-state index >= 15 is 0 Å². The lowest BCUT2D eigenvalue weighted by Crippen LogP contribution is -2.24. The summed E-state index contributed by atoms with van der Waals surface area (Å²) in [6, 6.07) is 0.159. The highest BCUT2D eigenvalue weighted by molar-refractivity contribution is 5.36. The molecule has 0 saturated heterocycles. The van der Waals surface area contributed by atoms with Crippen LogP contribution in [0.15, 0.2) is 0 Å². The number of aliphatic hydroxyl groups is 1. The first-order valence-electron chi connectivity index (χ1n) is 5.08. The summed E-state index contributed by atoms with van der Waals surface area (Å²) in [6.45, 7) is 1.99. The summed E-state index contributed by atoms with van der Waals surface area (Å²) in [7, 11) is 3.20. The van der Waals surface area contributed by atoms with Gasteiger partial charge >= 0.3 is 6.01 Å². The molecule has 0 aliphatic carbocycles. The molecule has 1 rings (SSSR count). The van der Waals surface area contributed by atoms with E-state index in [1.165, 1.54) is 7.11 Å². The van der Waals surface area contributed by atoms with Gasteiger partial charge in [0.15, 0.2) is 0 Å². The fraction of sp³-hybridized carbons (Fsp3) is 0.667. The van der Waals surface area contributed by atoms with Gasteiger partial charge in [-0.1, -0.05) is 6.92 Å². The van der Waals surface area contributed by atoms with E-state index in [2.05, 4.69) is 25.6 Å². The third-order valence-corrected chi connectivity index (χ3v) is 2.07. The summed E-state index contributed by atoms with van der Waals surface area (Å²) in [5, 5.41) is 14.9. The molecule has 0 aliphatic rings. The van der Waals surface area contributed by atoms with Crippen LogP contribution in [-0.4, -0.2) is 46.9 Å². The fourth-order valence-electron chi connectivity index (χ4n) is 1.08. The van der Waals surface area contributed by atoms with E-state index in [-0.39, 0.29) is 18.7 Å². The van der Waals surface area contributed by atoms with Crippen molar-refractivity contribution in [2.45, 2.75) is 19.4 Å². The van der Waals surface area contributed by atoms with E-state index in [1.807, 2.05) is 6.92 Å². The molecule has 1 atom stereocenters. The van der Waals surface area contributed by atoms with Gasteiger partial charge in [0, 0.05) is 7.05 Å². The standard InChI is InChI=1S/C9H17N5O2/c1-4-6(5-15)11-8-12-7(10-2)13-9(14-8)16-3/h6,15H,4-5H2,1-3H3,(H2,10,11,12,13,14). The first kappa shape index (κ1) is 12.4. The molecule has 0 radical (unpaired) electrons. The van der Waals surface area contributed by atoms with Crippen LogP contribution in [0.25, 0.3) is 0 Å². The van der Waals surface area contributed by atoms with Crippen LogP contribution >= 0.6 is 0 Å². The predicted molar refractivity (Wildman–Crippen MR) is 60.7 cm³/mol. The largest absolute Gasteiger partial charge is 0.467 e. The quantitative estimate of drug-likeness (QED) is 0.635. The Morgan fingerprint density at radius 1 is 1.31 bits per heavy atom. The lowest BCUT2D eigenvalue weighted by Gasteiger charge is -2.14. The first-order chi connectivity index (χ1) is 7.73. The third kappa shape index (κ3) is 3.20. The van der Waals surface area contributed by atoms with Crippen LogP contribution < -0.4 is 15.4 Å². The number of ether oxygens (including phenoxy) is 1. The SMILES string of the molecule is CCC(CO)Nc1nc(NC)nc(OC)n1. The molecule has 3 N–H and O–H groups in total. The number of rotatable bonds is 6. The van der Waals surface area contributed by atoms with E-state index in [4.69, 9.17) is 9.84 Å². The number of anilines is 2. The second kappa shape index (κ2) is 6.06. The molecule has 0 bridgehead atoms. The average molecular weight is 227 g/mol. The summed E-state index contributed by atoms with van der Waals surface area (Å²) in [6.07, 6.45) is 0.777. The molecule has 0 spiro atoms. The zero-order valence-electron chi connectivity index (χ0n) is 9.69. The highest BCUT2D eigenvalue weighted by Gasteiger charge is 2.09. The lowest BCUT2D eigenvalue weighted by molar-refractivity contribution is 0.271. The van der Waals surface area contributed by atoms with Crippen molar-refractivity contribution in [2.75, 3.05) is 31.4 Å². The van der Waals surface area contributed by atoms with Crippen molar-refractivity contribution < 1.29 is 9.84 Å². The van der Waals surface area contributed by atoms with Gasteiger partial charge in [0.1, 0.15) is 0 Å². The minimum absolute atomic E-state index is 0.0272. The van der Waals surface area contributed by atoms with Gasteiger partial charge in [-0.25, -0.2) is 0 Å². The van der Waals surface area contributed by atoms with Gasteiger partial charge in [-0.05, 0) is 6.42 Å². The van der Waals surface area contributed by atoms with E-state index in [0.717, 1.165) is 6.42 Å². The van der Waals surface area contributed by atoms with Crippen molar-refractivity contribution in [1.82, 2.24) is 15.0 Å². The van der Waals surface area contributed by atoms with Gasteiger partial charge in [-0.2, -0.15) is 15.0 Å². The Balaban J connectivity index is 2.85. The highest BCUT2D eigenvalue weighted by atomic mass is 16.5. The molecule has 1 heterocycles. The molecule has 1 unspecified atom stereocenters. The summed E-state index contributed by atoms with van der Waals surface area (Å²) in [5.41, 5.74) is 0. The Hall–Kier alpha value is -1.63. The van der Waals surface area contributed by atoms with Gasteiger partial charge in [0.25, 0.3) is 0 Å². The van der Waals surface area contributed by atoms with Crippen molar-refractivity contribution >= 4 is 11.9 Å². The molecular weight excluding hydrogens is 210 g/mol. The highest BCUT2D eigenvalue weighted by Crippen LogP contribution is 2.11. The zero-order chi connectivity index (χ0) is 12.0. The van der Waals surface area contributed by atoms with E-state index in [1.54, 1.807) is 7.05 Å². The summed E-state index contributed by atoms with van der Waals surface area (Å²) < 4.78 is 4.94. The van der Waals surface area contributed by atoms with Gasteiger partial charge in [-0.15, -0.1) is 0 Å². The molecule has 0 aliphatic heterocycles. The Bertz CT molecular complexity index is 307. The minimum atomic E-state index is -0.0724. The molecular formula is C9H17N5O2. The van der Waals surface area contributed by atoms with Gasteiger partial charge in [-0.3, -0.25) is 0 Å². The third-order valence-electron chi connectivity index (χ3n) is 2.07. The van der Waals surface area contributed by atoms with E-state index < -0.39 is 0 Å². The monoisotopic (exact) mass is 227 g/mol. The van der Waals surface area contributed by atoms with Crippen LogP contribution in [-0.2, 0) is 0 Å². The average Bonchev–Trinajstić information content (AvgIpc) is 2.35. The molecule has 1 aromatic rings. The topological polar surface area (TPSA) is 92.2 Å². The first-order valence-corrected chi connectivity index (χ1v) is 5.08. The maximum absolute atomic E-state index is 9.06. The fourth-order valence-corrected chi connectivity index (χ4v) is 1.08. The number of nitrogens with zero attached hydrogens (tertiary/aromatic N) is 3. The normalized spacial score (nSPS) is 12.0. The Labute approximate surface area is 94.3 Å². The number of aromatic nitrogens is 3. The molecule has 0 aromatic carbocycles. The lowest BCUT2D eigenvalue weighted by atomic mass is 10.2. The smallest absolute Gasteiger partial charge is 0.322 e. The molecule has 7 nitrogen and oxygen atoms in total. The van der Waals surface area contributed by atoms with Gasteiger partial charge in [0.05, 0.1) is 19.8 Å². The molecule has 16 heavy (non-hydrogen) atoms. The molecule has 1 aromatic heterocycles. The van der Waals surface area contributed by atoms with E-state index in [9.17, 15) is 0 Å². The van der Waals surface area contributed by atoms with Gasteiger partial charge in [0.2, 0.25) is 11.9 Å². The summed E-state index contributed by atoms with van der Waals surface area (Å²) >= 11 is 0. The molecule has 0 saturated carbocycles. The summed E-state index contributed by atoms with van der Waals surface area (Å²) in [4.78, 5) is 12.1.